The van der Waals surface area contributed by atoms with E-state index in [1.807, 2.05) is 0 Å². The molecule has 2 aliphatic heterocycles. The Morgan fingerprint density at radius 1 is 0.846 bits per heavy atom. The summed E-state index contributed by atoms with van der Waals surface area (Å²) in [6.45, 7) is -0.696. The molecule has 7 rings (SSSR count). The zero-order valence-corrected chi connectivity index (χ0v) is 19.8. The average Bonchev–Trinajstić information content (AvgIpc) is 3.52. The monoisotopic (exact) mass is 535 g/mol. The molecular weight excluding hydrogens is 514 g/mol. The number of rotatable bonds is 2. The largest absolute Gasteiger partial charge is 0.508 e. The lowest BCUT2D eigenvalue weighted by Crippen LogP contribution is -2.56. The van der Waals surface area contributed by atoms with Crippen molar-refractivity contribution in [2.45, 2.75) is 30.6 Å². The van der Waals surface area contributed by atoms with Crippen LogP contribution >= 0.6 is 0 Å². The van der Waals surface area contributed by atoms with Gasteiger partial charge in [0.2, 0.25) is 0 Å². The van der Waals surface area contributed by atoms with Crippen LogP contribution in [-0.4, -0.2) is 88.1 Å². The zero-order valence-electron chi connectivity index (χ0n) is 19.8. The highest BCUT2D eigenvalue weighted by Gasteiger charge is 2.46. The maximum absolute atomic E-state index is 13.2. The molecule has 2 aliphatic rings. The Kier molecular flexibility index (Phi) is 4.75. The smallest absolute Gasteiger partial charge is 0.259 e. The molecule has 4 heterocycles. The number of aromatic nitrogens is 2. The molecule has 200 valence electrons. The van der Waals surface area contributed by atoms with Crippen LogP contribution in [0.5, 0.6) is 17.2 Å². The van der Waals surface area contributed by atoms with Crippen LogP contribution in [0.4, 0.5) is 0 Å². The number of phenolic OH excluding ortho intramolecular Hbond substituents is 3. The normalized spacial score (nSPS) is 25.3. The third-order valence-electron chi connectivity index (χ3n) is 7.67. The van der Waals surface area contributed by atoms with Crippen LogP contribution in [0.25, 0.3) is 43.6 Å². The fraction of sp³-hybridized carbons (Fsp3) is 0.231. The number of nitrogens with zero attached hydrogens (tertiary/aromatic N) is 1. The van der Waals surface area contributed by atoms with Gasteiger partial charge < -0.3 is 50.0 Å². The fourth-order valence-electron chi connectivity index (χ4n) is 5.94. The van der Waals surface area contributed by atoms with Gasteiger partial charge in [0, 0.05) is 33.1 Å². The Morgan fingerprint density at radius 2 is 1.54 bits per heavy atom. The summed E-state index contributed by atoms with van der Waals surface area (Å²) in [5.74, 6) is -2.55. The van der Waals surface area contributed by atoms with E-state index in [9.17, 15) is 45.3 Å². The van der Waals surface area contributed by atoms with Gasteiger partial charge in [0.15, 0.2) is 17.7 Å². The van der Waals surface area contributed by atoms with Crippen molar-refractivity contribution in [1.82, 2.24) is 14.9 Å². The molecule has 5 aromatic rings. The highest BCUT2D eigenvalue weighted by Crippen LogP contribution is 2.48. The predicted octanol–water partition coefficient (Wildman–Crippen LogP) is 0.402. The molecular formula is C26H21N3O10. The van der Waals surface area contributed by atoms with Gasteiger partial charge in [-0.3, -0.25) is 14.9 Å². The molecule has 2 aromatic heterocycles. The lowest BCUT2D eigenvalue weighted by atomic mass is 9.96. The van der Waals surface area contributed by atoms with Gasteiger partial charge in [0.25, 0.3) is 11.8 Å². The number of aliphatic hydroxyl groups is 4. The lowest BCUT2D eigenvalue weighted by molar-refractivity contribution is -0.249. The van der Waals surface area contributed by atoms with Crippen molar-refractivity contribution in [1.29, 1.82) is 0 Å². The van der Waals surface area contributed by atoms with Crippen LogP contribution in [0.15, 0.2) is 30.3 Å². The van der Waals surface area contributed by atoms with Crippen LogP contribution in [0.3, 0.4) is 0 Å². The van der Waals surface area contributed by atoms with Gasteiger partial charge in [0.05, 0.1) is 34.3 Å². The maximum Gasteiger partial charge on any atom is 0.259 e. The first-order valence-electron chi connectivity index (χ1n) is 12.0. The van der Waals surface area contributed by atoms with E-state index in [1.54, 1.807) is 6.07 Å². The molecule has 1 fully saturated rings. The van der Waals surface area contributed by atoms with E-state index in [0.29, 0.717) is 16.4 Å². The highest BCUT2D eigenvalue weighted by molar-refractivity contribution is 6.39. The van der Waals surface area contributed by atoms with Gasteiger partial charge in [-0.25, -0.2) is 0 Å². The molecule has 0 saturated carbocycles. The second-order valence-corrected chi connectivity index (χ2v) is 9.81. The number of carbonyl (C=O) groups excluding carboxylic acids is 2. The molecule has 2 amide bonds. The molecule has 0 spiro atoms. The van der Waals surface area contributed by atoms with Crippen LogP contribution in [0.1, 0.15) is 26.9 Å². The van der Waals surface area contributed by atoms with E-state index in [-0.39, 0.29) is 44.1 Å². The SMILES string of the molecule is O=C1NC(=O)c2c1c1c3cc(O)ccc3[nH]c1c1c2c2cc(O)c(O)cc2n1C1O[C@H](CO)[C@H](O)[C@@H](O)[C@H]1O. The van der Waals surface area contributed by atoms with E-state index < -0.39 is 60.6 Å². The van der Waals surface area contributed by atoms with Gasteiger partial charge in [-0.2, -0.15) is 0 Å². The first-order chi connectivity index (χ1) is 18.6. The summed E-state index contributed by atoms with van der Waals surface area (Å²) in [7, 11) is 0. The third-order valence-corrected chi connectivity index (χ3v) is 7.67. The van der Waals surface area contributed by atoms with Gasteiger partial charge in [0.1, 0.15) is 30.2 Å². The summed E-state index contributed by atoms with van der Waals surface area (Å²) in [5, 5.41) is 76.1. The van der Waals surface area contributed by atoms with Crippen molar-refractivity contribution in [2.24, 2.45) is 0 Å². The minimum atomic E-state index is -1.75. The van der Waals surface area contributed by atoms with Gasteiger partial charge >= 0.3 is 0 Å². The highest BCUT2D eigenvalue weighted by atomic mass is 16.6. The van der Waals surface area contributed by atoms with Gasteiger partial charge in [-0.05, 0) is 24.3 Å². The topological polar surface area (TPSA) is 218 Å². The summed E-state index contributed by atoms with van der Waals surface area (Å²) < 4.78 is 7.23. The molecule has 39 heavy (non-hydrogen) atoms. The Bertz CT molecular complexity index is 1910. The standard InChI is InChI=1S/C26H21N3O10/c30-6-14-21(34)22(35)23(36)26(39-14)29-11-5-13(33)12(32)4-9(11)16-18-17(24(37)28-25(18)38)15-8-3-7(31)1-2-10(8)27-19(15)20(16)29/h1-5,14,21-23,26-27,30-36H,6H2,(H,28,37,38)/t14-,21+,22-,23-,26?/m1/s1. The van der Waals surface area contributed by atoms with Gasteiger partial charge in [-0.1, -0.05) is 0 Å². The summed E-state index contributed by atoms with van der Waals surface area (Å²) in [6, 6.07) is 6.81. The summed E-state index contributed by atoms with van der Waals surface area (Å²) in [5.41, 5.74) is 1.13. The number of benzene rings is 3. The minimum absolute atomic E-state index is 0.0276. The maximum atomic E-state index is 13.2. The van der Waals surface area contributed by atoms with Crippen LogP contribution in [0, 0.1) is 0 Å². The number of H-pyrrole nitrogens is 1. The number of fused-ring (bicyclic) bond motifs is 10. The number of aromatic hydroxyl groups is 3. The van der Waals surface area contributed by atoms with E-state index in [4.69, 9.17) is 4.74 Å². The number of aromatic amines is 1. The fourth-order valence-corrected chi connectivity index (χ4v) is 5.94. The number of aliphatic hydroxyl groups excluding tert-OH is 4. The first kappa shape index (κ1) is 23.7. The quantitative estimate of drug-likeness (QED) is 0.112. The van der Waals surface area contributed by atoms with Crippen molar-refractivity contribution in [3.8, 4) is 17.2 Å². The number of ether oxygens (including phenoxy) is 1. The number of nitrogens with one attached hydrogen (secondary N) is 2. The Balaban J connectivity index is 1.73. The Labute approximate surface area is 216 Å². The number of phenols is 3. The van der Waals surface area contributed by atoms with Crippen molar-refractivity contribution in [3.63, 3.8) is 0 Å². The van der Waals surface area contributed by atoms with E-state index >= 15 is 0 Å². The molecule has 0 aliphatic carbocycles. The molecule has 0 bridgehead atoms. The number of hydrogen-bond donors (Lipinski definition) is 9. The van der Waals surface area contributed by atoms with E-state index in [2.05, 4.69) is 10.3 Å². The zero-order chi connectivity index (χ0) is 27.5. The lowest BCUT2D eigenvalue weighted by Gasteiger charge is -2.41. The van der Waals surface area contributed by atoms with Crippen molar-refractivity contribution >= 4 is 55.4 Å². The summed E-state index contributed by atoms with van der Waals surface area (Å²) >= 11 is 0. The first-order valence-corrected chi connectivity index (χ1v) is 12.0. The second-order valence-electron chi connectivity index (χ2n) is 9.81. The minimum Gasteiger partial charge on any atom is -0.508 e. The number of amides is 2. The molecule has 1 saturated heterocycles. The average molecular weight is 535 g/mol. The predicted molar refractivity (Wildman–Crippen MR) is 135 cm³/mol. The van der Waals surface area contributed by atoms with Crippen LogP contribution in [-0.2, 0) is 4.74 Å². The second kappa shape index (κ2) is 7.81. The molecule has 1 unspecified atom stereocenters. The third kappa shape index (κ3) is 2.95. The van der Waals surface area contributed by atoms with E-state index in [1.165, 1.54) is 28.8 Å². The van der Waals surface area contributed by atoms with Crippen LogP contribution < -0.4 is 5.32 Å². The Morgan fingerprint density at radius 3 is 2.26 bits per heavy atom. The molecule has 13 nitrogen and oxygen atoms in total. The van der Waals surface area contributed by atoms with Crippen molar-refractivity contribution < 1.29 is 50.1 Å². The van der Waals surface area contributed by atoms with E-state index in [0.717, 1.165) is 0 Å². The Hall–Kier alpha value is -4.40. The van der Waals surface area contributed by atoms with Crippen molar-refractivity contribution in [2.75, 3.05) is 6.61 Å². The molecule has 13 heteroatoms. The van der Waals surface area contributed by atoms with Gasteiger partial charge in [-0.15, -0.1) is 0 Å². The number of hydrogen-bond acceptors (Lipinski definition) is 10. The van der Waals surface area contributed by atoms with Crippen LogP contribution in [0.2, 0.25) is 0 Å². The molecule has 9 N–H and O–H groups in total. The summed E-state index contributed by atoms with van der Waals surface area (Å²) in [6.07, 6.45) is -7.87. The molecule has 5 atom stereocenters. The number of imide groups is 1. The van der Waals surface area contributed by atoms with Crippen molar-refractivity contribution in [3.05, 3.63) is 41.5 Å². The summed E-state index contributed by atoms with van der Waals surface area (Å²) in [4.78, 5) is 29.5. The number of carbonyl (C=O) groups is 2. The molecule has 3 aromatic carbocycles. The molecule has 0 radical (unpaired) electrons.